The van der Waals surface area contributed by atoms with E-state index in [4.69, 9.17) is 9.84 Å². The number of aliphatic carboxylic acids is 1. The maximum Gasteiger partial charge on any atom is 0.407 e. The van der Waals surface area contributed by atoms with Gasteiger partial charge in [0.25, 0.3) is 0 Å². The largest absolute Gasteiger partial charge is 0.481 e. The van der Waals surface area contributed by atoms with Gasteiger partial charge in [0, 0.05) is 31.3 Å². The zero-order valence-corrected chi connectivity index (χ0v) is 19.2. The number of alkyl carbamates (subject to hydrolysis) is 1. The van der Waals surface area contributed by atoms with Crippen LogP contribution in [0.5, 0.6) is 0 Å². The molecule has 1 saturated heterocycles. The third-order valence-corrected chi connectivity index (χ3v) is 7.23. The molecule has 0 radical (unpaired) electrons. The van der Waals surface area contributed by atoms with Crippen LogP contribution in [-0.4, -0.2) is 65.7 Å². The van der Waals surface area contributed by atoms with Gasteiger partial charge in [0.05, 0.1) is 11.7 Å². The summed E-state index contributed by atoms with van der Waals surface area (Å²) in [5, 5.41) is 11.8. The van der Waals surface area contributed by atoms with Crippen LogP contribution in [0.4, 0.5) is 4.79 Å². The molecule has 2 aliphatic rings. The van der Waals surface area contributed by atoms with E-state index in [0.717, 1.165) is 0 Å². The topological polar surface area (TPSA) is 95.9 Å². The molecule has 0 unspecified atom stereocenters. The quantitative estimate of drug-likeness (QED) is 0.575. The zero-order valence-electron chi connectivity index (χ0n) is 18.4. The van der Waals surface area contributed by atoms with Crippen LogP contribution in [0.2, 0.25) is 0 Å². The molecule has 2 aromatic carbocycles. The summed E-state index contributed by atoms with van der Waals surface area (Å²) in [5.41, 5.74) is 4.73. The van der Waals surface area contributed by atoms with Gasteiger partial charge in [-0.2, -0.15) is 11.8 Å². The SMILES string of the molecule is O=C(NCCSCC(=O)N1CCC(C(=O)O)CC1)OCC1c2ccccc2-c2ccccc21. The van der Waals surface area contributed by atoms with Gasteiger partial charge in [-0.25, -0.2) is 4.79 Å². The molecule has 2 amide bonds. The molecule has 1 aliphatic carbocycles. The predicted molar refractivity (Wildman–Crippen MR) is 127 cm³/mol. The fourth-order valence-electron chi connectivity index (χ4n) is 4.50. The van der Waals surface area contributed by atoms with E-state index >= 15 is 0 Å². The van der Waals surface area contributed by atoms with Crippen molar-refractivity contribution in [2.45, 2.75) is 18.8 Å². The van der Waals surface area contributed by atoms with Crippen LogP contribution in [-0.2, 0) is 14.3 Å². The van der Waals surface area contributed by atoms with Crippen LogP contribution < -0.4 is 5.32 Å². The van der Waals surface area contributed by atoms with Crippen LogP contribution in [0.25, 0.3) is 11.1 Å². The number of thioether (sulfide) groups is 1. The molecule has 0 aromatic heterocycles. The van der Waals surface area contributed by atoms with Gasteiger partial charge >= 0.3 is 12.1 Å². The number of carboxylic acid groups (broad SMARTS) is 1. The molecule has 1 fully saturated rings. The Bertz CT molecular complexity index is 974. The number of piperidine rings is 1. The maximum atomic E-state index is 12.3. The van der Waals surface area contributed by atoms with Gasteiger partial charge in [0.2, 0.25) is 5.91 Å². The summed E-state index contributed by atoms with van der Waals surface area (Å²) in [6, 6.07) is 16.4. The molecule has 33 heavy (non-hydrogen) atoms. The van der Waals surface area contributed by atoms with Gasteiger partial charge in [0.15, 0.2) is 0 Å². The highest BCUT2D eigenvalue weighted by atomic mass is 32.2. The second kappa shape index (κ2) is 10.7. The molecule has 0 spiro atoms. The Morgan fingerprint density at radius 3 is 2.21 bits per heavy atom. The molecule has 7 nitrogen and oxygen atoms in total. The lowest BCUT2D eigenvalue weighted by Crippen LogP contribution is -2.41. The fourth-order valence-corrected chi connectivity index (χ4v) is 5.25. The molecule has 0 saturated carbocycles. The number of amides is 2. The van der Waals surface area contributed by atoms with Gasteiger partial charge in [-0.05, 0) is 35.1 Å². The van der Waals surface area contributed by atoms with E-state index in [1.807, 2.05) is 24.3 Å². The number of carbonyl (C=O) groups excluding carboxylic acids is 2. The maximum absolute atomic E-state index is 12.3. The molecule has 0 atom stereocenters. The number of nitrogens with one attached hydrogen (secondary N) is 1. The Kier molecular flexibility index (Phi) is 7.54. The molecule has 2 N–H and O–H groups in total. The summed E-state index contributed by atoms with van der Waals surface area (Å²) in [6.45, 7) is 1.68. The Balaban J connectivity index is 1.15. The van der Waals surface area contributed by atoms with Crippen LogP contribution in [0.1, 0.15) is 29.9 Å². The minimum Gasteiger partial charge on any atom is -0.481 e. The highest BCUT2D eigenvalue weighted by Crippen LogP contribution is 2.44. The minimum absolute atomic E-state index is 0.0185. The van der Waals surface area contributed by atoms with Crippen LogP contribution in [0.15, 0.2) is 48.5 Å². The third kappa shape index (κ3) is 5.50. The highest BCUT2D eigenvalue weighted by Gasteiger charge is 2.29. The average molecular weight is 469 g/mol. The lowest BCUT2D eigenvalue weighted by molar-refractivity contribution is -0.145. The van der Waals surface area contributed by atoms with E-state index < -0.39 is 12.1 Å². The van der Waals surface area contributed by atoms with Crippen molar-refractivity contribution >= 4 is 29.7 Å². The van der Waals surface area contributed by atoms with E-state index in [1.54, 1.807) is 4.90 Å². The summed E-state index contributed by atoms with van der Waals surface area (Å²) in [5.74, 6) is -0.157. The van der Waals surface area contributed by atoms with E-state index in [9.17, 15) is 14.4 Å². The molecule has 4 rings (SSSR count). The number of hydrogen-bond donors (Lipinski definition) is 2. The van der Waals surface area contributed by atoms with Crippen molar-refractivity contribution < 1.29 is 24.2 Å². The van der Waals surface area contributed by atoms with Gasteiger partial charge in [-0.1, -0.05) is 48.5 Å². The average Bonchev–Trinajstić information content (AvgIpc) is 3.16. The monoisotopic (exact) mass is 468 g/mol. The van der Waals surface area contributed by atoms with E-state index in [1.165, 1.54) is 34.0 Å². The van der Waals surface area contributed by atoms with Crippen molar-refractivity contribution in [1.82, 2.24) is 10.2 Å². The number of carbonyl (C=O) groups is 3. The Labute approximate surface area is 197 Å². The second-order valence-electron chi connectivity index (χ2n) is 8.30. The van der Waals surface area contributed by atoms with Crippen molar-refractivity contribution in [3.05, 3.63) is 59.7 Å². The number of ether oxygens (including phenoxy) is 1. The molecule has 8 heteroatoms. The summed E-state index contributed by atoms with van der Waals surface area (Å²) in [4.78, 5) is 37.2. The van der Waals surface area contributed by atoms with Crippen LogP contribution in [0, 0.1) is 5.92 Å². The lowest BCUT2D eigenvalue weighted by Gasteiger charge is -2.30. The van der Waals surface area contributed by atoms with Crippen molar-refractivity contribution in [2.75, 3.05) is 37.7 Å². The van der Waals surface area contributed by atoms with E-state index in [-0.39, 0.29) is 24.3 Å². The molecule has 0 bridgehead atoms. The fraction of sp³-hybridized carbons (Fsp3) is 0.400. The number of rotatable bonds is 8. The molecular weight excluding hydrogens is 440 g/mol. The first-order chi connectivity index (χ1) is 16.0. The van der Waals surface area contributed by atoms with Gasteiger partial charge in [-0.15, -0.1) is 0 Å². The van der Waals surface area contributed by atoms with Crippen molar-refractivity contribution in [1.29, 1.82) is 0 Å². The Morgan fingerprint density at radius 2 is 1.61 bits per heavy atom. The first kappa shape index (κ1) is 23.2. The second-order valence-corrected chi connectivity index (χ2v) is 9.40. The number of carboxylic acids is 1. The van der Waals surface area contributed by atoms with Crippen molar-refractivity contribution in [3.63, 3.8) is 0 Å². The number of benzene rings is 2. The molecule has 2 aromatic rings. The minimum atomic E-state index is -0.782. The summed E-state index contributed by atoms with van der Waals surface area (Å²) in [6.07, 6.45) is 0.559. The van der Waals surface area contributed by atoms with Crippen molar-refractivity contribution in [3.8, 4) is 11.1 Å². The van der Waals surface area contributed by atoms with Crippen LogP contribution >= 0.6 is 11.8 Å². The summed E-state index contributed by atoms with van der Waals surface area (Å²) >= 11 is 1.45. The van der Waals surface area contributed by atoms with E-state index in [2.05, 4.69) is 29.6 Å². The standard InChI is InChI=1S/C25H28N2O5S/c28-23(27-12-9-17(10-13-27)24(29)30)16-33-14-11-26-25(31)32-15-22-20-7-3-1-5-18(20)19-6-2-4-8-21(19)22/h1-8,17,22H,9-16H2,(H,26,31)(H,29,30). The number of likely N-dealkylation sites (tertiary alicyclic amines) is 1. The lowest BCUT2D eigenvalue weighted by atomic mass is 9.97. The van der Waals surface area contributed by atoms with E-state index in [0.29, 0.717) is 44.0 Å². The van der Waals surface area contributed by atoms with Crippen molar-refractivity contribution in [2.24, 2.45) is 5.92 Å². The molecular formula is C25H28N2O5S. The number of hydrogen-bond acceptors (Lipinski definition) is 5. The molecule has 174 valence electrons. The first-order valence-corrected chi connectivity index (χ1v) is 12.4. The number of nitrogens with zero attached hydrogens (tertiary/aromatic N) is 1. The predicted octanol–water partition coefficient (Wildman–Crippen LogP) is 3.58. The first-order valence-electron chi connectivity index (χ1n) is 11.2. The Hall–Kier alpha value is -3.00. The van der Waals surface area contributed by atoms with Gasteiger partial charge < -0.3 is 20.1 Å². The van der Waals surface area contributed by atoms with Gasteiger partial charge in [-0.3, -0.25) is 9.59 Å². The smallest absolute Gasteiger partial charge is 0.407 e. The Morgan fingerprint density at radius 1 is 1.00 bits per heavy atom. The van der Waals surface area contributed by atoms with Crippen LogP contribution in [0.3, 0.4) is 0 Å². The third-order valence-electron chi connectivity index (χ3n) is 6.28. The zero-order chi connectivity index (χ0) is 23.2. The number of fused-ring (bicyclic) bond motifs is 3. The molecule has 1 heterocycles. The summed E-state index contributed by atoms with van der Waals surface area (Å²) < 4.78 is 5.51. The normalized spacial score (nSPS) is 15.6. The molecule has 1 aliphatic heterocycles. The highest BCUT2D eigenvalue weighted by molar-refractivity contribution is 7.99. The summed E-state index contributed by atoms with van der Waals surface area (Å²) in [7, 11) is 0. The van der Waals surface area contributed by atoms with Gasteiger partial charge in [0.1, 0.15) is 6.61 Å².